The van der Waals surface area contributed by atoms with E-state index in [-0.39, 0.29) is 19.5 Å². The van der Waals surface area contributed by atoms with Gasteiger partial charge < -0.3 is 28.6 Å². The molecule has 43 heavy (non-hydrogen) atoms. The van der Waals surface area contributed by atoms with Gasteiger partial charge in [0, 0.05) is 27.3 Å². The van der Waals surface area contributed by atoms with Crippen LogP contribution < -0.4 is 9.47 Å². The number of carbonyl (C=O) groups is 2. The molecule has 1 amide bonds. The van der Waals surface area contributed by atoms with Gasteiger partial charge in [0.15, 0.2) is 13.6 Å². The summed E-state index contributed by atoms with van der Waals surface area (Å²) in [5.41, 5.74) is 4.95. The molecule has 0 fully saturated rings. The fraction of sp³-hybridized carbons (Fsp3) is 0.257. The number of amides is 1. The molecule has 8 heteroatoms. The van der Waals surface area contributed by atoms with E-state index in [1.807, 2.05) is 98.8 Å². The normalized spacial score (nSPS) is 10.3. The number of rotatable bonds is 12. The van der Waals surface area contributed by atoms with Crippen molar-refractivity contribution in [2.24, 2.45) is 0 Å². The van der Waals surface area contributed by atoms with Crippen LogP contribution in [0.5, 0.6) is 11.5 Å². The molecule has 0 aliphatic carbocycles. The van der Waals surface area contributed by atoms with Crippen LogP contribution in [0.3, 0.4) is 0 Å². The van der Waals surface area contributed by atoms with Crippen molar-refractivity contribution in [2.75, 3.05) is 48.0 Å². The van der Waals surface area contributed by atoms with Crippen molar-refractivity contribution in [3.63, 3.8) is 0 Å². The number of methoxy groups -OCH3 is 3. The lowest BCUT2D eigenvalue weighted by Crippen LogP contribution is -2.30. The molecular weight excluding hydrogens is 546 g/mol. The third-order valence-corrected chi connectivity index (χ3v) is 6.52. The van der Waals surface area contributed by atoms with Crippen LogP contribution in [0.25, 0.3) is 22.3 Å². The molecule has 4 aromatic carbocycles. The summed E-state index contributed by atoms with van der Waals surface area (Å²) in [5.74, 6) is 0.523. The summed E-state index contributed by atoms with van der Waals surface area (Å²) in [7, 11) is 4.43. The lowest BCUT2D eigenvalue weighted by Gasteiger charge is -2.21. The summed E-state index contributed by atoms with van der Waals surface area (Å²) in [6.45, 7) is 5.46. The highest BCUT2D eigenvalue weighted by Crippen LogP contribution is 2.29. The van der Waals surface area contributed by atoms with Gasteiger partial charge in [-0.3, -0.25) is 4.79 Å². The third kappa shape index (κ3) is 9.16. The molecule has 0 aliphatic rings. The van der Waals surface area contributed by atoms with E-state index >= 15 is 0 Å². The second-order valence-corrected chi connectivity index (χ2v) is 9.22. The van der Waals surface area contributed by atoms with Crippen LogP contribution in [0.4, 0.5) is 0 Å². The first-order chi connectivity index (χ1) is 21.0. The van der Waals surface area contributed by atoms with Gasteiger partial charge in [-0.1, -0.05) is 72.8 Å². The summed E-state index contributed by atoms with van der Waals surface area (Å²) < 4.78 is 25.5. The van der Waals surface area contributed by atoms with Gasteiger partial charge in [-0.2, -0.15) is 0 Å². The lowest BCUT2D eigenvalue weighted by atomic mass is 10.0. The van der Waals surface area contributed by atoms with E-state index in [0.29, 0.717) is 35.7 Å². The Morgan fingerprint density at radius 2 is 1.02 bits per heavy atom. The van der Waals surface area contributed by atoms with Gasteiger partial charge in [-0.15, -0.1) is 0 Å². The summed E-state index contributed by atoms with van der Waals surface area (Å²) in [4.78, 5) is 26.4. The van der Waals surface area contributed by atoms with Crippen LogP contribution in [0.15, 0.2) is 97.1 Å². The minimum absolute atomic E-state index is 0.0288. The van der Waals surface area contributed by atoms with Crippen LogP contribution in [0.1, 0.15) is 34.6 Å². The summed E-state index contributed by atoms with van der Waals surface area (Å²) in [6.07, 6.45) is 0. The molecule has 4 rings (SSSR count). The SMILES string of the molecule is CCN(CC)C(=O)c1cc(-c2ccccc2)ccc1OCOC.COCOc1ccc(-c2ccccc2)cc1C(=O)OC. The maximum Gasteiger partial charge on any atom is 0.341 e. The Kier molecular flexibility index (Phi) is 13.2. The number of hydrogen-bond acceptors (Lipinski definition) is 7. The number of hydrogen-bond donors (Lipinski definition) is 0. The molecule has 0 aromatic heterocycles. The summed E-state index contributed by atoms with van der Waals surface area (Å²) in [6, 6.07) is 30.9. The van der Waals surface area contributed by atoms with E-state index < -0.39 is 5.97 Å². The molecule has 0 radical (unpaired) electrons. The zero-order valence-electron chi connectivity index (χ0n) is 25.4. The van der Waals surface area contributed by atoms with Gasteiger partial charge in [-0.25, -0.2) is 4.79 Å². The van der Waals surface area contributed by atoms with Crippen LogP contribution in [-0.4, -0.2) is 64.8 Å². The molecule has 0 unspecified atom stereocenters. The fourth-order valence-corrected chi connectivity index (χ4v) is 4.29. The highest BCUT2D eigenvalue weighted by Gasteiger charge is 2.19. The van der Waals surface area contributed by atoms with Crippen molar-refractivity contribution in [3.05, 3.63) is 108 Å². The van der Waals surface area contributed by atoms with Crippen molar-refractivity contribution in [2.45, 2.75) is 13.8 Å². The Balaban J connectivity index is 0.000000238. The monoisotopic (exact) mass is 585 g/mol. The largest absolute Gasteiger partial charge is 0.467 e. The maximum atomic E-state index is 12.8. The molecular formula is C35H39NO7. The average molecular weight is 586 g/mol. The predicted molar refractivity (Wildman–Crippen MR) is 167 cm³/mol. The zero-order chi connectivity index (χ0) is 31.0. The molecule has 0 bridgehead atoms. The van der Waals surface area contributed by atoms with Crippen LogP contribution in [-0.2, 0) is 14.2 Å². The number of esters is 1. The molecule has 0 aliphatic heterocycles. The average Bonchev–Trinajstić information content (AvgIpc) is 3.07. The highest BCUT2D eigenvalue weighted by molar-refractivity contribution is 5.98. The minimum atomic E-state index is -0.436. The van der Waals surface area contributed by atoms with E-state index in [4.69, 9.17) is 23.7 Å². The minimum Gasteiger partial charge on any atom is -0.467 e. The van der Waals surface area contributed by atoms with Gasteiger partial charge in [0.2, 0.25) is 0 Å². The molecule has 226 valence electrons. The molecule has 0 saturated carbocycles. The molecule has 0 N–H and O–H groups in total. The molecule has 8 nitrogen and oxygen atoms in total. The third-order valence-electron chi connectivity index (χ3n) is 6.52. The van der Waals surface area contributed by atoms with E-state index in [0.717, 1.165) is 22.3 Å². The molecule has 0 atom stereocenters. The maximum absolute atomic E-state index is 12.8. The molecule has 0 heterocycles. The zero-order valence-corrected chi connectivity index (χ0v) is 25.4. The van der Waals surface area contributed by atoms with E-state index in [9.17, 15) is 9.59 Å². The fourth-order valence-electron chi connectivity index (χ4n) is 4.29. The Hall–Kier alpha value is -4.66. The van der Waals surface area contributed by atoms with Crippen LogP contribution in [0.2, 0.25) is 0 Å². The van der Waals surface area contributed by atoms with Crippen molar-refractivity contribution >= 4 is 11.9 Å². The van der Waals surface area contributed by atoms with Crippen molar-refractivity contribution in [1.29, 1.82) is 0 Å². The van der Waals surface area contributed by atoms with Gasteiger partial charge in [0.05, 0.1) is 12.7 Å². The first-order valence-corrected chi connectivity index (χ1v) is 14.0. The van der Waals surface area contributed by atoms with Crippen LogP contribution in [0, 0.1) is 0 Å². The van der Waals surface area contributed by atoms with E-state index in [2.05, 4.69) is 0 Å². The first-order valence-electron chi connectivity index (χ1n) is 14.0. The van der Waals surface area contributed by atoms with E-state index in [1.165, 1.54) is 14.2 Å². The van der Waals surface area contributed by atoms with Crippen molar-refractivity contribution in [1.82, 2.24) is 4.90 Å². The predicted octanol–water partition coefficient (Wildman–Crippen LogP) is 6.94. The van der Waals surface area contributed by atoms with Gasteiger partial charge in [-0.05, 0) is 60.4 Å². The van der Waals surface area contributed by atoms with Gasteiger partial charge in [0.25, 0.3) is 5.91 Å². The smallest absolute Gasteiger partial charge is 0.341 e. The summed E-state index contributed by atoms with van der Waals surface area (Å²) in [5, 5.41) is 0. The summed E-state index contributed by atoms with van der Waals surface area (Å²) >= 11 is 0. The number of benzene rings is 4. The standard InChI is InChI=1S/C19H23NO3.C16H16O4/c1-4-20(5-2)19(21)17-13-16(15-9-7-6-8-10-15)11-12-18(17)23-14-22-3;1-18-11-20-15-9-8-13(10-14(15)16(17)19-2)12-6-4-3-5-7-12/h6-13H,4-5,14H2,1-3H3;3-10H,11H2,1-2H3. The second kappa shape index (κ2) is 17.3. The topological polar surface area (TPSA) is 83.5 Å². The number of nitrogens with zero attached hydrogens (tertiary/aromatic N) is 1. The Labute approximate surface area is 253 Å². The second-order valence-electron chi connectivity index (χ2n) is 9.22. The van der Waals surface area contributed by atoms with Gasteiger partial charge >= 0.3 is 5.97 Å². The molecule has 4 aromatic rings. The first kappa shape index (κ1) is 32.8. The molecule has 0 saturated heterocycles. The Morgan fingerprint density at radius 3 is 1.44 bits per heavy atom. The quantitative estimate of drug-likeness (QED) is 0.132. The number of carbonyl (C=O) groups excluding carboxylic acids is 2. The van der Waals surface area contributed by atoms with Crippen molar-refractivity contribution < 1.29 is 33.3 Å². The Bertz CT molecular complexity index is 1440. The number of ether oxygens (including phenoxy) is 5. The lowest BCUT2D eigenvalue weighted by molar-refractivity contribution is 0.0464. The van der Waals surface area contributed by atoms with E-state index in [1.54, 1.807) is 24.1 Å². The van der Waals surface area contributed by atoms with Crippen LogP contribution >= 0.6 is 0 Å². The van der Waals surface area contributed by atoms with Gasteiger partial charge in [0.1, 0.15) is 17.1 Å². The highest BCUT2D eigenvalue weighted by atomic mass is 16.7. The molecule has 0 spiro atoms. The van der Waals surface area contributed by atoms with Crippen molar-refractivity contribution in [3.8, 4) is 33.8 Å². The Morgan fingerprint density at radius 1 is 0.581 bits per heavy atom.